The van der Waals surface area contributed by atoms with Crippen molar-refractivity contribution in [2.75, 3.05) is 7.05 Å². The standard InChI is InChI=1S/C12H22N2O2/c1-3-4-9(11(13)15)10(12(16)14-2)7-8-5-6-8/h8-10H,3-7H2,1-2H3,(H2,13,15)(H,14,16)/t9-,10?/m0/s1. The van der Waals surface area contributed by atoms with Crippen molar-refractivity contribution in [3.8, 4) is 0 Å². The zero-order chi connectivity index (χ0) is 12.1. The fourth-order valence-corrected chi connectivity index (χ4v) is 2.20. The monoisotopic (exact) mass is 226 g/mol. The summed E-state index contributed by atoms with van der Waals surface area (Å²) < 4.78 is 0. The molecule has 0 bridgehead atoms. The van der Waals surface area contributed by atoms with Gasteiger partial charge >= 0.3 is 0 Å². The maximum atomic E-state index is 11.8. The highest BCUT2D eigenvalue weighted by molar-refractivity contribution is 5.86. The zero-order valence-corrected chi connectivity index (χ0v) is 10.2. The van der Waals surface area contributed by atoms with Crippen LogP contribution in [0.1, 0.15) is 39.0 Å². The zero-order valence-electron chi connectivity index (χ0n) is 10.2. The maximum absolute atomic E-state index is 11.8. The van der Waals surface area contributed by atoms with Crippen molar-refractivity contribution in [3.05, 3.63) is 0 Å². The van der Waals surface area contributed by atoms with Crippen molar-refractivity contribution < 1.29 is 9.59 Å². The minimum absolute atomic E-state index is 0.0378. The molecule has 16 heavy (non-hydrogen) atoms. The van der Waals surface area contributed by atoms with Crippen molar-refractivity contribution in [2.24, 2.45) is 23.5 Å². The van der Waals surface area contributed by atoms with Crippen molar-refractivity contribution in [1.82, 2.24) is 5.32 Å². The lowest BCUT2D eigenvalue weighted by Gasteiger charge is -2.22. The van der Waals surface area contributed by atoms with Crippen LogP contribution in [0.15, 0.2) is 0 Å². The number of carbonyl (C=O) groups is 2. The molecule has 0 radical (unpaired) electrons. The number of hydrogen-bond donors (Lipinski definition) is 2. The second-order valence-electron chi connectivity index (χ2n) is 4.70. The molecule has 1 fully saturated rings. The van der Waals surface area contributed by atoms with Gasteiger partial charge in [-0.1, -0.05) is 26.2 Å². The Morgan fingerprint density at radius 3 is 2.38 bits per heavy atom. The molecule has 0 aliphatic heterocycles. The van der Waals surface area contributed by atoms with E-state index < -0.39 is 0 Å². The Bertz CT molecular complexity index is 262. The van der Waals surface area contributed by atoms with Crippen molar-refractivity contribution in [1.29, 1.82) is 0 Å². The van der Waals surface area contributed by atoms with Crippen molar-refractivity contribution in [3.63, 3.8) is 0 Å². The van der Waals surface area contributed by atoms with E-state index in [0.717, 1.165) is 12.8 Å². The Morgan fingerprint density at radius 1 is 1.38 bits per heavy atom. The molecule has 0 aromatic heterocycles. The van der Waals surface area contributed by atoms with Crippen LogP contribution in [-0.4, -0.2) is 18.9 Å². The summed E-state index contributed by atoms with van der Waals surface area (Å²) in [6.07, 6.45) is 4.77. The molecule has 0 aromatic rings. The van der Waals surface area contributed by atoms with Crippen molar-refractivity contribution >= 4 is 11.8 Å². The molecule has 1 unspecified atom stereocenters. The molecule has 0 saturated heterocycles. The highest BCUT2D eigenvalue weighted by atomic mass is 16.2. The predicted octanol–water partition coefficient (Wildman–Crippen LogP) is 1.05. The Morgan fingerprint density at radius 2 is 2.00 bits per heavy atom. The molecule has 4 nitrogen and oxygen atoms in total. The summed E-state index contributed by atoms with van der Waals surface area (Å²) in [7, 11) is 1.62. The molecule has 1 aliphatic rings. The number of hydrogen-bond acceptors (Lipinski definition) is 2. The molecule has 1 rings (SSSR count). The van der Waals surface area contributed by atoms with Gasteiger partial charge in [0.25, 0.3) is 0 Å². The first kappa shape index (κ1) is 13.0. The molecule has 2 amide bonds. The van der Waals surface area contributed by atoms with E-state index in [1.165, 1.54) is 12.8 Å². The van der Waals surface area contributed by atoms with Crippen LogP contribution in [0.2, 0.25) is 0 Å². The lowest BCUT2D eigenvalue weighted by atomic mass is 9.83. The van der Waals surface area contributed by atoms with E-state index in [1.54, 1.807) is 7.05 Å². The molecular weight excluding hydrogens is 204 g/mol. The van der Waals surface area contributed by atoms with Gasteiger partial charge in [-0.2, -0.15) is 0 Å². The van der Waals surface area contributed by atoms with Gasteiger partial charge in [0.05, 0.1) is 0 Å². The lowest BCUT2D eigenvalue weighted by molar-refractivity contribution is -0.133. The second-order valence-corrected chi connectivity index (χ2v) is 4.70. The Kier molecular flexibility index (Phi) is 4.77. The van der Waals surface area contributed by atoms with E-state index in [4.69, 9.17) is 5.73 Å². The van der Waals surface area contributed by atoms with Crippen LogP contribution in [0.3, 0.4) is 0 Å². The summed E-state index contributed by atoms with van der Waals surface area (Å²) in [5.41, 5.74) is 5.39. The van der Waals surface area contributed by atoms with E-state index in [0.29, 0.717) is 12.3 Å². The van der Waals surface area contributed by atoms with Crippen LogP contribution in [0.4, 0.5) is 0 Å². The van der Waals surface area contributed by atoms with Gasteiger partial charge in [0.1, 0.15) is 0 Å². The van der Waals surface area contributed by atoms with Crippen LogP contribution in [0, 0.1) is 17.8 Å². The van der Waals surface area contributed by atoms with Crippen LogP contribution < -0.4 is 11.1 Å². The molecule has 0 aromatic carbocycles. The molecule has 1 aliphatic carbocycles. The Hall–Kier alpha value is -1.06. The predicted molar refractivity (Wildman–Crippen MR) is 62.5 cm³/mol. The number of nitrogens with two attached hydrogens (primary N) is 1. The molecule has 0 heterocycles. The summed E-state index contributed by atoms with van der Waals surface area (Å²) in [6.45, 7) is 2.01. The number of carbonyl (C=O) groups excluding carboxylic acids is 2. The third kappa shape index (κ3) is 3.51. The average molecular weight is 226 g/mol. The van der Waals surface area contributed by atoms with E-state index in [-0.39, 0.29) is 23.7 Å². The smallest absolute Gasteiger partial charge is 0.223 e. The molecular formula is C12H22N2O2. The second kappa shape index (κ2) is 5.87. The molecule has 1 saturated carbocycles. The number of nitrogens with one attached hydrogen (secondary N) is 1. The fourth-order valence-electron chi connectivity index (χ4n) is 2.20. The summed E-state index contributed by atoms with van der Waals surface area (Å²) in [4.78, 5) is 23.2. The highest BCUT2D eigenvalue weighted by Gasteiger charge is 2.36. The minimum atomic E-state index is -0.337. The molecule has 3 N–H and O–H groups in total. The van der Waals surface area contributed by atoms with E-state index in [2.05, 4.69) is 5.32 Å². The Labute approximate surface area is 97.0 Å². The summed E-state index contributed by atoms with van der Waals surface area (Å²) in [5.74, 6) is -0.276. The summed E-state index contributed by atoms with van der Waals surface area (Å²) in [6, 6.07) is 0. The van der Waals surface area contributed by atoms with Crippen LogP contribution >= 0.6 is 0 Å². The quantitative estimate of drug-likeness (QED) is 0.681. The van der Waals surface area contributed by atoms with E-state index in [1.807, 2.05) is 6.92 Å². The first-order valence-corrected chi connectivity index (χ1v) is 6.11. The van der Waals surface area contributed by atoms with Gasteiger partial charge in [0.15, 0.2) is 0 Å². The van der Waals surface area contributed by atoms with Gasteiger partial charge in [-0.25, -0.2) is 0 Å². The minimum Gasteiger partial charge on any atom is -0.369 e. The first-order chi connectivity index (χ1) is 7.60. The first-order valence-electron chi connectivity index (χ1n) is 6.11. The highest BCUT2D eigenvalue weighted by Crippen LogP contribution is 2.38. The average Bonchev–Trinajstić information content (AvgIpc) is 3.05. The van der Waals surface area contributed by atoms with Crippen molar-refractivity contribution in [2.45, 2.75) is 39.0 Å². The van der Waals surface area contributed by atoms with Gasteiger partial charge < -0.3 is 11.1 Å². The third-order valence-electron chi connectivity index (χ3n) is 3.32. The normalized spacial score (nSPS) is 18.9. The molecule has 2 atom stereocenters. The van der Waals surface area contributed by atoms with Crippen LogP contribution in [0.5, 0.6) is 0 Å². The maximum Gasteiger partial charge on any atom is 0.223 e. The number of amides is 2. The van der Waals surface area contributed by atoms with Gasteiger partial charge in [0.2, 0.25) is 11.8 Å². The number of primary amides is 1. The van der Waals surface area contributed by atoms with Gasteiger partial charge in [-0.05, 0) is 18.8 Å². The lowest BCUT2D eigenvalue weighted by Crippen LogP contribution is -2.39. The molecule has 92 valence electrons. The van der Waals surface area contributed by atoms with Crippen LogP contribution in [-0.2, 0) is 9.59 Å². The Balaban J connectivity index is 2.68. The van der Waals surface area contributed by atoms with E-state index >= 15 is 0 Å². The fraction of sp³-hybridized carbons (Fsp3) is 0.833. The summed E-state index contributed by atoms with van der Waals surface area (Å²) in [5, 5.41) is 2.65. The van der Waals surface area contributed by atoms with Gasteiger partial charge in [-0.15, -0.1) is 0 Å². The van der Waals surface area contributed by atoms with Gasteiger partial charge in [0, 0.05) is 18.9 Å². The van der Waals surface area contributed by atoms with Crippen LogP contribution in [0.25, 0.3) is 0 Å². The number of rotatable bonds is 7. The topological polar surface area (TPSA) is 72.2 Å². The molecule has 4 heteroatoms. The largest absolute Gasteiger partial charge is 0.369 e. The SMILES string of the molecule is CCC[C@H](C(N)=O)C(CC1CC1)C(=O)NC. The van der Waals surface area contributed by atoms with Gasteiger partial charge in [-0.3, -0.25) is 9.59 Å². The summed E-state index contributed by atoms with van der Waals surface area (Å²) >= 11 is 0. The molecule has 0 spiro atoms. The van der Waals surface area contributed by atoms with E-state index in [9.17, 15) is 9.59 Å². The third-order valence-corrected chi connectivity index (χ3v) is 3.32.